The standard InChI is InChI=1S/C16H23N3O2/c1-11-4-3-5-12(2)15(11)18-14(20)10-19-8-6-13(7-9-19)16(17)21/h3-5,13H,6-10H2,1-2H3,(H2,17,21)(H,18,20)/p+1. The number of hydrogen-bond donors (Lipinski definition) is 3. The van der Waals surface area contributed by atoms with Crippen molar-refractivity contribution in [2.75, 3.05) is 25.0 Å². The molecule has 0 aliphatic carbocycles. The van der Waals surface area contributed by atoms with E-state index in [-0.39, 0.29) is 17.7 Å². The zero-order valence-corrected chi connectivity index (χ0v) is 12.7. The fourth-order valence-corrected chi connectivity index (χ4v) is 2.91. The lowest BCUT2D eigenvalue weighted by atomic mass is 9.96. The van der Waals surface area contributed by atoms with Crippen LogP contribution in [0.15, 0.2) is 18.2 Å². The summed E-state index contributed by atoms with van der Waals surface area (Å²) < 4.78 is 0. The Morgan fingerprint density at radius 1 is 1.24 bits per heavy atom. The quantitative estimate of drug-likeness (QED) is 0.731. The molecule has 21 heavy (non-hydrogen) atoms. The summed E-state index contributed by atoms with van der Waals surface area (Å²) >= 11 is 0. The predicted octanol–water partition coefficient (Wildman–Crippen LogP) is 0.0221. The zero-order chi connectivity index (χ0) is 15.4. The van der Waals surface area contributed by atoms with Gasteiger partial charge in [0, 0.05) is 24.4 Å². The van der Waals surface area contributed by atoms with Gasteiger partial charge in [0.1, 0.15) is 0 Å². The number of carbonyl (C=O) groups excluding carboxylic acids is 2. The Hall–Kier alpha value is -1.88. The minimum atomic E-state index is -0.214. The van der Waals surface area contributed by atoms with Crippen LogP contribution in [0.1, 0.15) is 24.0 Å². The summed E-state index contributed by atoms with van der Waals surface area (Å²) in [6, 6.07) is 5.97. The average Bonchev–Trinajstić information content (AvgIpc) is 2.43. The van der Waals surface area contributed by atoms with Crippen LogP contribution in [0.25, 0.3) is 0 Å². The topological polar surface area (TPSA) is 76.6 Å². The van der Waals surface area contributed by atoms with Crippen LogP contribution in [0, 0.1) is 19.8 Å². The van der Waals surface area contributed by atoms with Gasteiger partial charge in [-0.05, 0) is 25.0 Å². The molecule has 114 valence electrons. The number of piperidine rings is 1. The third kappa shape index (κ3) is 4.04. The van der Waals surface area contributed by atoms with E-state index in [1.54, 1.807) is 0 Å². The molecule has 2 amide bonds. The number of amides is 2. The number of anilines is 1. The van der Waals surface area contributed by atoms with Gasteiger partial charge in [0.2, 0.25) is 5.91 Å². The van der Waals surface area contributed by atoms with Gasteiger partial charge in [0.25, 0.3) is 5.91 Å². The van der Waals surface area contributed by atoms with Crippen molar-refractivity contribution in [2.24, 2.45) is 11.7 Å². The van der Waals surface area contributed by atoms with Gasteiger partial charge in [-0.1, -0.05) is 18.2 Å². The van der Waals surface area contributed by atoms with E-state index in [0.717, 1.165) is 42.7 Å². The molecule has 2 rings (SSSR count). The highest BCUT2D eigenvalue weighted by Crippen LogP contribution is 2.18. The number of rotatable bonds is 4. The fraction of sp³-hybridized carbons (Fsp3) is 0.500. The highest BCUT2D eigenvalue weighted by Gasteiger charge is 2.27. The van der Waals surface area contributed by atoms with Gasteiger partial charge in [-0.15, -0.1) is 0 Å². The van der Waals surface area contributed by atoms with Crippen LogP contribution in [0.3, 0.4) is 0 Å². The Morgan fingerprint density at radius 3 is 2.33 bits per heavy atom. The smallest absolute Gasteiger partial charge is 0.279 e. The first kappa shape index (κ1) is 15.5. The Morgan fingerprint density at radius 2 is 1.81 bits per heavy atom. The maximum absolute atomic E-state index is 12.2. The number of carbonyl (C=O) groups is 2. The second-order valence-corrected chi connectivity index (χ2v) is 5.92. The van der Waals surface area contributed by atoms with E-state index in [0.29, 0.717) is 6.54 Å². The maximum Gasteiger partial charge on any atom is 0.279 e. The van der Waals surface area contributed by atoms with E-state index in [4.69, 9.17) is 5.73 Å². The van der Waals surface area contributed by atoms with Gasteiger partial charge >= 0.3 is 0 Å². The molecule has 1 aromatic carbocycles. The Bertz CT molecular complexity index is 514. The van der Waals surface area contributed by atoms with E-state index < -0.39 is 0 Å². The van der Waals surface area contributed by atoms with E-state index in [1.807, 2.05) is 32.0 Å². The molecule has 4 N–H and O–H groups in total. The largest absolute Gasteiger partial charge is 0.369 e. The Kier molecular flexibility index (Phi) is 4.96. The van der Waals surface area contributed by atoms with Crippen LogP contribution in [0.5, 0.6) is 0 Å². The lowest BCUT2D eigenvalue weighted by molar-refractivity contribution is -0.897. The van der Waals surface area contributed by atoms with E-state index >= 15 is 0 Å². The molecule has 0 spiro atoms. The van der Waals surface area contributed by atoms with E-state index in [9.17, 15) is 9.59 Å². The fourth-order valence-electron chi connectivity index (χ4n) is 2.91. The lowest BCUT2D eigenvalue weighted by Gasteiger charge is -2.27. The second-order valence-electron chi connectivity index (χ2n) is 5.92. The number of hydrogen-bond acceptors (Lipinski definition) is 2. The van der Waals surface area contributed by atoms with Crippen molar-refractivity contribution >= 4 is 17.5 Å². The molecule has 0 saturated carbocycles. The third-order valence-electron chi connectivity index (χ3n) is 4.25. The molecule has 1 heterocycles. The number of primary amides is 1. The summed E-state index contributed by atoms with van der Waals surface area (Å²) in [6.45, 7) is 6.09. The van der Waals surface area contributed by atoms with Crippen molar-refractivity contribution in [1.82, 2.24) is 0 Å². The van der Waals surface area contributed by atoms with Crippen molar-refractivity contribution in [3.05, 3.63) is 29.3 Å². The van der Waals surface area contributed by atoms with E-state index in [2.05, 4.69) is 5.32 Å². The first-order valence-electron chi connectivity index (χ1n) is 7.46. The van der Waals surface area contributed by atoms with Crippen LogP contribution in [-0.2, 0) is 9.59 Å². The molecule has 0 aromatic heterocycles. The molecular formula is C16H24N3O2+. The highest BCUT2D eigenvalue weighted by atomic mass is 16.2. The highest BCUT2D eigenvalue weighted by molar-refractivity contribution is 5.93. The number of nitrogens with one attached hydrogen (secondary N) is 2. The van der Waals surface area contributed by atoms with Crippen molar-refractivity contribution in [1.29, 1.82) is 0 Å². The van der Waals surface area contributed by atoms with Crippen LogP contribution >= 0.6 is 0 Å². The molecule has 0 radical (unpaired) electrons. The molecule has 0 atom stereocenters. The number of nitrogens with two attached hydrogens (primary N) is 1. The van der Waals surface area contributed by atoms with Crippen molar-refractivity contribution in [3.63, 3.8) is 0 Å². The second kappa shape index (κ2) is 6.72. The monoisotopic (exact) mass is 290 g/mol. The van der Waals surface area contributed by atoms with Crippen molar-refractivity contribution in [2.45, 2.75) is 26.7 Å². The van der Waals surface area contributed by atoms with Crippen LogP contribution in [0.2, 0.25) is 0 Å². The van der Waals surface area contributed by atoms with Gasteiger partial charge in [0.15, 0.2) is 6.54 Å². The molecule has 1 aliphatic rings. The molecule has 0 unspecified atom stereocenters. The molecule has 5 heteroatoms. The minimum absolute atomic E-state index is 0.0181. The first-order valence-corrected chi connectivity index (χ1v) is 7.46. The summed E-state index contributed by atoms with van der Waals surface area (Å²) in [7, 11) is 0. The first-order chi connectivity index (χ1) is 9.97. The summed E-state index contributed by atoms with van der Waals surface area (Å²) in [5.74, 6) is -0.204. The number of aryl methyl sites for hydroxylation is 2. The molecular weight excluding hydrogens is 266 g/mol. The molecule has 1 aromatic rings. The zero-order valence-electron chi connectivity index (χ0n) is 12.7. The number of para-hydroxylation sites is 1. The third-order valence-corrected chi connectivity index (χ3v) is 4.25. The molecule has 5 nitrogen and oxygen atoms in total. The number of quaternary nitrogens is 1. The molecule has 1 aliphatic heterocycles. The maximum atomic E-state index is 12.2. The average molecular weight is 290 g/mol. The molecule has 0 bridgehead atoms. The summed E-state index contributed by atoms with van der Waals surface area (Å²) in [4.78, 5) is 24.5. The minimum Gasteiger partial charge on any atom is -0.369 e. The summed E-state index contributed by atoms with van der Waals surface area (Å²) in [5.41, 5.74) is 8.38. The van der Waals surface area contributed by atoms with Crippen LogP contribution in [-0.4, -0.2) is 31.4 Å². The summed E-state index contributed by atoms with van der Waals surface area (Å²) in [5, 5.41) is 3.01. The Labute approximate surface area is 125 Å². The number of benzene rings is 1. The van der Waals surface area contributed by atoms with Crippen LogP contribution < -0.4 is 16.0 Å². The van der Waals surface area contributed by atoms with Gasteiger partial charge in [-0.2, -0.15) is 0 Å². The number of likely N-dealkylation sites (tertiary alicyclic amines) is 1. The predicted molar refractivity (Wildman–Crippen MR) is 82.0 cm³/mol. The SMILES string of the molecule is Cc1cccc(C)c1NC(=O)C[NH+]1CCC(C(N)=O)CC1. The summed E-state index contributed by atoms with van der Waals surface area (Å²) in [6.07, 6.45) is 1.56. The van der Waals surface area contributed by atoms with Crippen molar-refractivity contribution in [3.8, 4) is 0 Å². The van der Waals surface area contributed by atoms with Crippen molar-refractivity contribution < 1.29 is 14.5 Å². The van der Waals surface area contributed by atoms with Gasteiger partial charge in [-0.25, -0.2) is 0 Å². The normalized spacial score (nSPS) is 21.8. The lowest BCUT2D eigenvalue weighted by Crippen LogP contribution is -3.14. The molecule has 1 fully saturated rings. The van der Waals surface area contributed by atoms with E-state index in [1.165, 1.54) is 4.90 Å². The van der Waals surface area contributed by atoms with Gasteiger partial charge in [0.05, 0.1) is 13.1 Å². The van der Waals surface area contributed by atoms with Gasteiger partial charge in [-0.3, -0.25) is 9.59 Å². The van der Waals surface area contributed by atoms with Crippen LogP contribution in [0.4, 0.5) is 5.69 Å². The van der Waals surface area contributed by atoms with Gasteiger partial charge < -0.3 is 16.0 Å². The molecule has 1 saturated heterocycles. The Balaban J connectivity index is 1.87.